The van der Waals surface area contributed by atoms with Gasteiger partial charge >= 0.3 is 0 Å². The van der Waals surface area contributed by atoms with Crippen LogP contribution < -0.4 is 0 Å². The Morgan fingerprint density at radius 3 is 2.33 bits per heavy atom. The highest BCUT2D eigenvalue weighted by Gasteiger charge is 2.45. The summed E-state index contributed by atoms with van der Waals surface area (Å²) in [5, 5.41) is 0.703. The molecule has 1 aliphatic heterocycles. The standard InChI is InChI=1S/C11H23B/c1-5-6-7-8-11(4)9(2)10(3)12-11/h9-10,12H,5-8H2,1-4H3. The van der Waals surface area contributed by atoms with Crippen LogP contribution in [0.5, 0.6) is 0 Å². The van der Waals surface area contributed by atoms with Crippen molar-refractivity contribution in [2.75, 3.05) is 0 Å². The Hall–Kier alpha value is 0.0649. The zero-order valence-electron chi connectivity index (χ0n) is 9.19. The Morgan fingerprint density at radius 2 is 1.92 bits per heavy atom. The maximum absolute atomic E-state index is 2.48. The van der Waals surface area contributed by atoms with Gasteiger partial charge in [0, 0.05) is 0 Å². The second kappa shape index (κ2) is 3.85. The van der Waals surface area contributed by atoms with Crippen LogP contribution in [0.25, 0.3) is 0 Å². The summed E-state index contributed by atoms with van der Waals surface area (Å²) in [5.41, 5.74) is 0. The summed E-state index contributed by atoms with van der Waals surface area (Å²) in [5.74, 6) is 1.95. The van der Waals surface area contributed by atoms with Crippen LogP contribution in [-0.2, 0) is 0 Å². The number of hydrogen-bond acceptors (Lipinski definition) is 0. The van der Waals surface area contributed by atoms with Gasteiger partial charge in [-0.05, 0) is 5.92 Å². The van der Waals surface area contributed by atoms with Crippen molar-refractivity contribution in [3.8, 4) is 0 Å². The van der Waals surface area contributed by atoms with Crippen molar-refractivity contribution < 1.29 is 0 Å². The van der Waals surface area contributed by atoms with Crippen LogP contribution in [-0.4, -0.2) is 7.28 Å². The van der Waals surface area contributed by atoms with E-state index in [-0.39, 0.29) is 0 Å². The molecule has 0 amide bonds. The average molecular weight is 166 g/mol. The summed E-state index contributed by atoms with van der Waals surface area (Å²) in [7, 11) is 1.47. The molecular weight excluding hydrogens is 143 g/mol. The predicted octanol–water partition coefficient (Wildman–Crippen LogP) is 3.64. The van der Waals surface area contributed by atoms with Crippen LogP contribution in [0.4, 0.5) is 0 Å². The molecule has 1 heterocycles. The lowest BCUT2D eigenvalue weighted by molar-refractivity contribution is 0.302. The molecule has 0 aromatic heterocycles. The van der Waals surface area contributed by atoms with Gasteiger partial charge in [-0.25, -0.2) is 0 Å². The van der Waals surface area contributed by atoms with Crippen LogP contribution in [0.2, 0.25) is 11.1 Å². The molecule has 1 heteroatoms. The quantitative estimate of drug-likeness (QED) is 0.441. The van der Waals surface area contributed by atoms with Gasteiger partial charge in [0.25, 0.3) is 0 Å². The maximum atomic E-state index is 2.48. The largest absolute Gasteiger partial charge is 0.131 e. The summed E-state index contributed by atoms with van der Waals surface area (Å²) in [6.07, 6.45) is 5.70. The smallest absolute Gasteiger partial charge is 0.0691 e. The summed E-state index contributed by atoms with van der Waals surface area (Å²) >= 11 is 0. The third-order valence-electron chi connectivity index (χ3n) is 4.09. The topological polar surface area (TPSA) is 0 Å². The van der Waals surface area contributed by atoms with Crippen molar-refractivity contribution in [1.82, 2.24) is 0 Å². The molecule has 3 atom stereocenters. The van der Waals surface area contributed by atoms with E-state index >= 15 is 0 Å². The Balaban J connectivity index is 2.22. The van der Waals surface area contributed by atoms with Crippen LogP contribution in [0.1, 0.15) is 53.4 Å². The van der Waals surface area contributed by atoms with Gasteiger partial charge in [0.2, 0.25) is 0 Å². The molecule has 0 aromatic carbocycles. The summed E-state index contributed by atoms with van der Waals surface area (Å²) in [6, 6.07) is 0. The van der Waals surface area contributed by atoms with E-state index < -0.39 is 0 Å². The molecule has 0 aromatic rings. The molecule has 0 radical (unpaired) electrons. The molecule has 1 fully saturated rings. The number of rotatable bonds is 4. The number of unbranched alkanes of at least 4 members (excludes halogenated alkanes) is 2. The lowest BCUT2D eigenvalue weighted by Crippen LogP contribution is -2.41. The summed E-state index contributed by atoms with van der Waals surface area (Å²) in [4.78, 5) is 0. The number of hydrogen-bond donors (Lipinski definition) is 0. The highest BCUT2D eigenvalue weighted by Crippen LogP contribution is 2.56. The molecule has 0 N–H and O–H groups in total. The molecule has 0 spiro atoms. The third kappa shape index (κ3) is 1.86. The lowest BCUT2D eigenvalue weighted by atomic mass is 9.27. The van der Waals surface area contributed by atoms with E-state index in [1.807, 2.05) is 0 Å². The average Bonchev–Trinajstić information content (AvgIpc) is 2.05. The zero-order chi connectivity index (χ0) is 9.19. The Bertz CT molecular complexity index is 144. The monoisotopic (exact) mass is 166 g/mol. The first-order chi connectivity index (χ1) is 5.60. The molecule has 0 saturated carbocycles. The van der Waals surface area contributed by atoms with E-state index in [2.05, 4.69) is 27.7 Å². The highest BCUT2D eigenvalue weighted by molar-refractivity contribution is 6.46. The first-order valence-electron chi connectivity index (χ1n) is 5.60. The fourth-order valence-corrected chi connectivity index (χ4v) is 2.73. The summed E-state index contributed by atoms with van der Waals surface area (Å²) < 4.78 is 0. The van der Waals surface area contributed by atoms with E-state index in [0.29, 0.717) is 5.31 Å². The van der Waals surface area contributed by atoms with Crippen molar-refractivity contribution in [1.29, 1.82) is 0 Å². The van der Waals surface area contributed by atoms with E-state index in [1.165, 1.54) is 33.0 Å². The van der Waals surface area contributed by atoms with Gasteiger partial charge in [-0.2, -0.15) is 0 Å². The minimum absolute atomic E-state index is 0.703. The molecule has 1 aliphatic rings. The van der Waals surface area contributed by atoms with Gasteiger partial charge in [0.1, 0.15) is 7.28 Å². The Morgan fingerprint density at radius 1 is 1.25 bits per heavy atom. The minimum atomic E-state index is 0.703. The van der Waals surface area contributed by atoms with Crippen LogP contribution >= 0.6 is 0 Å². The van der Waals surface area contributed by atoms with E-state index in [1.54, 1.807) is 0 Å². The van der Waals surface area contributed by atoms with E-state index in [9.17, 15) is 0 Å². The Kier molecular flexibility index (Phi) is 3.26. The molecule has 0 bridgehead atoms. The van der Waals surface area contributed by atoms with Crippen molar-refractivity contribution in [3.05, 3.63) is 0 Å². The molecule has 3 unspecified atom stereocenters. The lowest BCUT2D eigenvalue weighted by Gasteiger charge is -2.50. The van der Waals surface area contributed by atoms with Gasteiger partial charge in [0.15, 0.2) is 0 Å². The second-order valence-electron chi connectivity index (χ2n) is 5.08. The van der Waals surface area contributed by atoms with Gasteiger partial charge in [0.05, 0.1) is 0 Å². The van der Waals surface area contributed by atoms with Crippen molar-refractivity contribution in [3.63, 3.8) is 0 Å². The van der Waals surface area contributed by atoms with Gasteiger partial charge in [-0.3, -0.25) is 0 Å². The molecule has 70 valence electrons. The second-order valence-corrected chi connectivity index (χ2v) is 5.08. The molecule has 0 aliphatic carbocycles. The van der Waals surface area contributed by atoms with E-state index in [4.69, 9.17) is 0 Å². The molecular formula is C11H23B. The summed E-state index contributed by atoms with van der Waals surface area (Å²) in [6.45, 7) is 9.59. The molecule has 1 rings (SSSR count). The normalized spacial score (nSPS) is 40.3. The van der Waals surface area contributed by atoms with Crippen LogP contribution in [0, 0.1) is 5.92 Å². The van der Waals surface area contributed by atoms with Gasteiger partial charge < -0.3 is 0 Å². The molecule has 1 saturated heterocycles. The van der Waals surface area contributed by atoms with Crippen molar-refractivity contribution >= 4 is 7.28 Å². The minimum Gasteiger partial charge on any atom is -0.0691 e. The highest BCUT2D eigenvalue weighted by atomic mass is 14.4. The maximum Gasteiger partial charge on any atom is 0.131 e. The zero-order valence-corrected chi connectivity index (χ0v) is 9.19. The van der Waals surface area contributed by atoms with Gasteiger partial charge in [-0.15, -0.1) is 0 Å². The van der Waals surface area contributed by atoms with Crippen molar-refractivity contribution in [2.24, 2.45) is 5.92 Å². The van der Waals surface area contributed by atoms with E-state index in [0.717, 1.165) is 11.7 Å². The Labute approximate surface area is 78.4 Å². The molecule has 0 nitrogen and oxygen atoms in total. The fraction of sp³-hybridized carbons (Fsp3) is 1.00. The first-order valence-corrected chi connectivity index (χ1v) is 5.60. The van der Waals surface area contributed by atoms with Gasteiger partial charge in [-0.1, -0.05) is 64.5 Å². The molecule has 12 heavy (non-hydrogen) atoms. The van der Waals surface area contributed by atoms with Crippen LogP contribution in [0.15, 0.2) is 0 Å². The first kappa shape index (κ1) is 10.1. The third-order valence-corrected chi connectivity index (χ3v) is 4.09. The fourth-order valence-electron chi connectivity index (χ4n) is 2.73. The van der Waals surface area contributed by atoms with Crippen molar-refractivity contribution in [2.45, 2.75) is 64.5 Å². The van der Waals surface area contributed by atoms with Crippen LogP contribution in [0.3, 0.4) is 0 Å². The SMILES string of the molecule is CCCCCC1(C)BC(C)C1C. The predicted molar refractivity (Wildman–Crippen MR) is 58.2 cm³/mol.